The predicted octanol–water partition coefficient (Wildman–Crippen LogP) is 5.86. The number of rotatable bonds is 6. The van der Waals surface area contributed by atoms with E-state index in [9.17, 15) is 9.59 Å². The summed E-state index contributed by atoms with van der Waals surface area (Å²) in [5.41, 5.74) is 2.29. The number of para-hydroxylation sites is 1. The van der Waals surface area contributed by atoms with Crippen LogP contribution in [0.4, 0.5) is 15.3 Å². The summed E-state index contributed by atoms with van der Waals surface area (Å²) < 4.78 is 10.5. The number of nitrogens with one attached hydrogen (secondary N) is 1. The van der Waals surface area contributed by atoms with Crippen LogP contribution in [0.2, 0.25) is 0 Å². The van der Waals surface area contributed by atoms with Gasteiger partial charge in [0, 0.05) is 4.90 Å². The Balaban J connectivity index is 1.53. The van der Waals surface area contributed by atoms with Crippen molar-refractivity contribution in [2.75, 3.05) is 5.32 Å². The van der Waals surface area contributed by atoms with Gasteiger partial charge in [0.25, 0.3) is 0 Å². The molecule has 142 valence electrons. The van der Waals surface area contributed by atoms with Crippen LogP contribution in [0.3, 0.4) is 0 Å². The Morgan fingerprint density at radius 1 is 0.714 bits per heavy atom. The van der Waals surface area contributed by atoms with Crippen LogP contribution in [-0.2, 0) is 22.7 Å². The van der Waals surface area contributed by atoms with E-state index in [1.807, 2.05) is 60.7 Å². The van der Waals surface area contributed by atoms with Crippen LogP contribution in [0, 0.1) is 0 Å². The summed E-state index contributed by atoms with van der Waals surface area (Å²) in [5.74, 6) is 0. The van der Waals surface area contributed by atoms with Crippen molar-refractivity contribution in [2.24, 2.45) is 0 Å². The summed E-state index contributed by atoms with van der Waals surface area (Å²) in [7, 11) is 0. The summed E-state index contributed by atoms with van der Waals surface area (Å²) >= 11 is 0.915. The van der Waals surface area contributed by atoms with Crippen LogP contribution < -0.4 is 5.32 Å². The Bertz CT molecular complexity index is 840. The van der Waals surface area contributed by atoms with E-state index in [4.69, 9.17) is 9.47 Å². The Hall–Kier alpha value is -3.25. The highest BCUT2D eigenvalue weighted by Gasteiger charge is 2.13. The third-order valence-electron chi connectivity index (χ3n) is 3.73. The van der Waals surface area contributed by atoms with Gasteiger partial charge >= 0.3 is 11.4 Å². The number of carbonyl (C=O) groups is 2. The van der Waals surface area contributed by atoms with Gasteiger partial charge in [0.2, 0.25) is 0 Å². The first kappa shape index (κ1) is 19.5. The van der Waals surface area contributed by atoms with E-state index in [1.54, 1.807) is 24.3 Å². The van der Waals surface area contributed by atoms with Crippen molar-refractivity contribution in [3.05, 3.63) is 96.1 Å². The number of hydrogen-bond acceptors (Lipinski definition) is 5. The normalized spacial score (nSPS) is 10.1. The Kier molecular flexibility index (Phi) is 7.09. The van der Waals surface area contributed by atoms with E-state index in [0.29, 0.717) is 10.6 Å². The number of carbonyl (C=O) groups excluding carboxylic acids is 2. The predicted molar refractivity (Wildman–Crippen MR) is 109 cm³/mol. The average Bonchev–Trinajstić information content (AvgIpc) is 2.74. The van der Waals surface area contributed by atoms with Gasteiger partial charge in [-0.2, -0.15) is 0 Å². The molecule has 3 rings (SSSR count). The van der Waals surface area contributed by atoms with Crippen molar-refractivity contribution in [2.45, 2.75) is 18.1 Å². The number of thioether (sulfide) groups is 1. The van der Waals surface area contributed by atoms with Gasteiger partial charge in [-0.1, -0.05) is 72.8 Å². The molecule has 0 radical (unpaired) electrons. The Morgan fingerprint density at radius 3 is 1.89 bits per heavy atom. The number of anilines is 1. The molecular formula is C22H19NO4S. The van der Waals surface area contributed by atoms with Crippen LogP contribution in [-0.4, -0.2) is 11.4 Å². The molecule has 0 aromatic heterocycles. The van der Waals surface area contributed by atoms with E-state index in [2.05, 4.69) is 5.32 Å². The van der Waals surface area contributed by atoms with Crippen LogP contribution >= 0.6 is 11.8 Å². The molecule has 0 saturated carbocycles. The quantitative estimate of drug-likeness (QED) is 0.419. The first-order valence-electron chi connectivity index (χ1n) is 8.66. The van der Waals surface area contributed by atoms with Gasteiger partial charge in [-0.05, 0) is 35.0 Å². The standard InChI is InChI=1S/C22H19NO4S/c24-21(26-15-17-9-3-1-4-10-17)23-19-13-7-8-14-20(19)28-22(25)27-16-18-11-5-2-6-12-18/h1-14H,15-16H2,(H,23,24). The lowest BCUT2D eigenvalue weighted by Gasteiger charge is -2.11. The minimum Gasteiger partial charge on any atom is -0.452 e. The highest BCUT2D eigenvalue weighted by molar-refractivity contribution is 8.13. The topological polar surface area (TPSA) is 64.6 Å². The SMILES string of the molecule is O=C(Nc1ccccc1SC(=O)OCc1ccccc1)OCc1ccccc1. The molecule has 3 aromatic carbocycles. The summed E-state index contributed by atoms with van der Waals surface area (Å²) in [6.45, 7) is 0.364. The molecule has 1 amide bonds. The second-order valence-corrected chi connectivity index (χ2v) is 6.79. The summed E-state index contributed by atoms with van der Waals surface area (Å²) in [4.78, 5) is 24.8. The number of benzene rings is 3. The summed E-state index contributed by atoms with van der Waals surface area (Å²) in [6, 6.07) is 25.8. The highest BCUT2D eigenvalue weighted by atomic mass is 32.2. The van der Waals surface area contributed by atoms with Gasteiger partial charge in [0.1, 0.15) is 13.2 Å². The lowest BCUT2D eigenvalue weighted by molar-refractivity contribution is 0.155. The van der Waals surface area contributed by atoms with Crippen molar-refractivity contribution in [3.8, 4) is 0 Å². The van der Waals surface area contributed by atoms with Crippen molar-refractivity contribution < 1.29 is 19.1 Å². The first-order valence-corrected chi connectivity index (χ1v) is 9.47. The van der Waals surface area contributed by atoms with Crippen LogP contribution in [0.15, 0.2) is 89.8 Å². The fourth-order valence-corrected chi connectivity index (χ4v) is 3.04. The lowest BCUT2D eigenvalue weighted by Crippen LogP contribution is -2.14. The maximum Gasteiger partial charge on any atom is 0.411 e. The summed E-state index contributed by atoms with van der Waals surface area (Å²) in [5, 5.41) is 2.22. The zero-order chi connectivity index (χ0) is 19.6. The molecule has 5 nitrogen and oxygen atoms in total. The average molecular weight is 393 g/mol. The molecule has 0 heterocycles. The fourth-order valence-electron chi connectivity index (χ4n) is 2.36. The Morgan fingerprint density at radius 2 is 1.25 bits per heavy atom. The van der Waals surface area contributed by atoms with Crippen molar-refractivity contribution in [1.29, 1.82) is 0 Å². The molecule has 0 saturated heterocycles. The maximum absolute atomic E-state index is 12.1. The molecule has 0 spiro atoms. The molecule has 0 aliphatic rings. The van der Waals surface area contributed by atoms with Gasteiger partial charge in [0.15, 0.2) is 0 Å². The van der Waals surface area contributed by atoms with E-state index in [-0.39, 0.29) is 13.2 Å². The Labute approximate surface area is 167 Å². The maximum atomic E-state index is 12.1. The van der Waals surface area contributed by atoms with Crippen molar-refractivity contribution in [1.82, 2.24) is 0 Å². The second-order valence-electron chi connectivity index (χ2n) is 5.81. The largest absolute Gasteiger partial charge is 0.452 e. The van der Waals surface area contributed by atoms with Gasteiger partial charge in [-0.15, -0.1) is 0 Å². The molecule has 0 aliphatic carbocycles. The number of amides is 1. The number of ether oxygens (including phenoxy) is 2. The van der Waals surface area contributed by atoms with E-state index < -0.39 is 11.4 Å². The zero-order valence-corrected chi connectivity index (χ0v) is 15.9. The second kappa shape index (κ2) is 10.2. The first-order chi connectivity index (χ1) is 13.7. The van der Waals surface area contributed by atoms with Gasteiger partial charge < -0.3 is 9.47 Å². The highest BCUT2D eigenvalue weighted by Crippen LogP contribution is 2.29. The molecule has 0 aliphatic heterocycles. The van der Waals surface area contributed by atoms with Crippen molar-refractivity contribution in [3.63, 3.8) is 0 Å². The van der Waals surface area contributed by atoms with Gasteiger partial charge in [-0.25, -0.2) is 9.59 Å². The van der Waals surface area contributed by atoms with Crippen molar-refractivity contribution >= 4 is 28.8 Å². The van der Waals surface area contributed by atoms with E-state index in [0.717, 1.165) is 22.9 Å². The monoisotopic (exact) mass is 393 g/mol. The molecule has 0 bridgehead atoms. The van der Waals surface area contributed by atoms with Gasteiger partial charge in [-0.3, -0.25) is 5.32 Å². The molecule has 28 heavy (non-hydrogen) atoms. The molecule has 6 heteroatoms. The van der Waals surface area contributed by atoms with Crippen LogP contribution in [0.25, 0.3) is 0 Å². The molecule has 1 N–H and O–H groups in total. The van der Waals surface area contributed by atoms with Crippen LogP contribution in [0.1, 0.15) is 11.1 Å². The van der Waals surface area contributed by atoms with E-state index in [1.165, 1.54) is 0 Å². The molecule has 0 unspecified atom stereocenters. The molecule has 0 atom stereocenters. The fraction of sp³-hybridized carbons (Fsp3) is 0.0909. The smallest absolute Gasteiger partial charge is 0.411 e. The molecule has 0 fully saturated rings. The lowest BCUT2D eigenvalue weighted by atomic mass is 10.2. The van der Waals surface area contributed by atoms with Gasteiger partial charge in [0.05, 0.1) is 5.69 Å². The number of hydrogen-bond donors (Lipinski definition) is 1. The summed E-state index contributed by atoms with van der Waals surface area (Å²) in [6.07, 6.45) is -0.588. The third-order valence-corrected chi connectivity index (χ3v) is 4.59. The van der Waals surface area contributed by atoms with Crippen LogP contribution in [0.5, 0.6) is 0 Å². The minimum absolute atomic E-state index is 0.168. The molecular weight excluding hydrogens is 374 g/mol. The third kappa shape index (κ3) is 6.17. The minimum atomic E-state index is -0.588. The van der Waals surface area contributed by atoms with E-state index >= 15 is 0 Å². The molecule has 3 aromatic rings. The zero-order valence-electron chi connectivity index (χ0n) is 15.0.